The number of allylic oxidation sites excluding steroid dienone is 4. The van der Waals surface area contributed by atoms with Crippen molar-refractivity contribution in [2.75, 3.05) is 13.2 Å². The molecule has 1 atom stereocenters. The third-order valence-electron chi connectivity index (χ3n) is 3.05. The van der Waals surface area contributed by atoms with Crippen LogP contribution in [-0.4, -0.2) is 42.3 Å². The number of Topliss-reactive ketones (excluding diaryl/α,β-unsaturated/α-hetero) is 3. The molecule has 0 radical (unpaired) electrons. The summed E-state index contributed by atoms with van der Waals surface area (Å²) in [5.41, 5.74) is -0.953. The lowest BCUT2D eigenvalue weighted by molar-refractivity contribution is -0.153. The number of rotatable bonds is 7. The van der Waals surface area contributed by atoms with E-state index in [-0.39, 0.29) is 12.7 Å². The van der Waals surface area contributed by atoms with Crippen LogP contribution in [0.3, 0.4) is 0 Å². The van der Waals surface area contributed by atoms with Crippen LogP contribution in [0.4, 0.5) is 0 Å². The maximum Gasteiger partial charge on any atom is 0.271 e. The first-order chi connectivity index (χ1) is 8.92. The average Bonchev–Trinajstić information content (AvgIpc) is 3.06. The van der Waals surface area contributed by atoms with Crippen LogP contribution < -0.4 is 0 Å². The minimum atomic E-state index is -1.30. The molecule has 1 heterocycles. The third-order valence-corrected chi connectivity index (χ3v) is 3.05. The second-order valence-electron chi connectivity index (χ2n) is 5.09. The van der Waals surface area contributed by atoms with Crippen molar-refractivity contribution in [2.24, 2.45) is 0 Å². The van der Waals surface area contributed by atoms with Crippen molar-refractivity contribution in [1.29, 1.82) is 0 Å². The summed E-state index contributed by atoms with van der Waals surface area (Å²) in [4.78, 5) is 35.7. The van der Waals surface area contributed by atoms with Crippen molar-refractivity contribution >= 4 is 17.3 Å². The summed E-state index contributed by atoms with van der Waals surface area (Å²) in [6, 6.07) is 0. The lowest BCUT2D eigenvalue weighted by atomic mass is 9.94. The van der Waals surface area contributed by atoms with Crippen molar-refractivity contribution in [1.82, 2.24) is 0 Å². The van der Waals surface area contributed by atoms with Crippen molar-refractivity contribution < 1.29 is 23.9 Å². The highest BCUT2D eigenvalue weighted by Crippen LogP contribution is 2.19. The molecular weight excluding hydrogens is 248 g/mol. The highest BCUT2D eigenvalue weighted by Gasteiger charge is 2.39. The van der Waals surface area contributed by atoms with Crippen molar-refractivity contribution in [3.63, 3.8) is 0 Å². The van der Waals surface area contributed by atoms with Gasteiger partial charge in [0, 0.05) is 5.57 Å². The van der Waals surface area contributed by atoms with Gasteiger partial charge in [0.05, 0.1) is 13.2 Å². The quantitative estimate of drug-likeness (QED) is 0.386. The molecule has 0 amide bonds. The second kappa shape index (κ2) is 5.19. The summed E-state index contributed by atoms with van der Waals surface area (Å²) < 4.78 is 10.3. The molecule has 102 valence electrons. The molecule has 2 aliphatic rings. The summed E-state index contributed by atoms with van der Waals surface area (Å²) >= 11 is 0. The van der Waals surface area contributed by atoms with E-state index in [1.54, 1.807) is 18.2 Å². The van der Waals surface area contributed by atoms with Crippen LogP contribution in [0, 0.1) is 0 Å². The Morgan fingerprint density at radius 3 is 2.63 bits per heavy atom. The average molecular weight is 264 g/mol. The summed E-state index contributed by atoms with van der Waals surface area (Å²) in [6.45, 7) is 3.84. The summed E-state index contributed by atoms with van der Waals surface area (Å²) in [5.74, 6) is -2.57. The first kappa shape index (κ1) is 13.8. The van der Waals surface area contributed by atoms with Crippen LogP contribution in [0.25, 0.3) is 0 Å². The minimum Gasteiger partial charge on any atom is -0.371 e. The van der Waals surface area contributed by atoms with Gasteiger partial charge in [0.2, 0.25) is 11.6 Å². The van der Waals surface area contributed by atoms with Crippen LogP contribution in [0.1, 0.15) is 20.3 Å². The molecule has 1 unspecified atom stereocenters. The second-order valence-corrected chi connectivity index (χ2v) is 5.09. The van der Waals surface area contributed by atoms with Gasteiger partial charge >= 0.3 is 0 Å². The molecule has 1 saturated heterocycles. The van der Waals surface area contributed by atoms with Gasteiger partial charge in [-0.15, -0.1) is 0 Å². The molecule has 19 heavy (non-hydrogen) atoms. The smallest absolute Gasteiger partial charge is 0.271 e. The Kier molecular flexibility index (Phi) is 3.78. The molecule has 0 aromatic heterocycles. The van der Waals surface area contributed by atoms with Crippen LogP contribution in [0.2, 0.25) is 0 Å². The topological polar surface area (TPSA) is 73.0 Å². The molecule has 1 fully saturated rings. The number of carbonyl (C=O) groups excluding carboxylic acids is 3. The summed E-state index contributed by atoms with van der Waals surface area (Å²) in [5, 5.41) is 0. The number of carbonyl (C=O) groups is 3. The molecular formula is C14H16O5. The molecule has 0 aromatic carbocycles. The zero-order valence-electron chi connectivity index (χ0n) is 11.0. The highest BCUT2D eigenvalue weighted by atomic mass is 16.6. The first-order valence-corrected chi connectivity index (χ1v) is 6.16. The SMILES string of the molecule is CC(C)(OCC1CO1)C(=O)C(=O)C(=O)C1=CC=CC1. The van der Waals surface area contributed by atoms with Gasteiger partial charge in [0.1, 0.15) is 11.7 Å². The van der Waals surface area contributed by atoms with Gasteiger partial charge in [-0.25, -0.2) is 0 Å². The predicted octanol–water partition coefficient (Wildman–Crippen LogP) is 0.774. The van der Waals surface area contributed by atoms with Gasteiger partial charge in [-0.05, 0) is 20.3 Å². The van der Waals surface area contributed by atoms with E-state index in [9.17, 15) is 14.4 Å². The van der Waals surface area contributed by atoms with E-state index in [2.05, 4.69) is 0 Å². The van der Waals surface area contributed by atoms with Gasteiger partial charge in [-0.1, -0.05) is 18.2 Å². The molecule has 0 spiro atoms. The number of hydrogen-bond donors (Lipinski definition) is 0. The van der Waals surface area contributed by atoms with E-state index in [0.717, 1.165) is 0 Å². The lowest BCUT2D eigenvalue weighted by Gasteiger charge is -2.22. The lowest BCUT2D eigenvalue weighted by Crippen LogP contribution is -2.44. The van der Waals surface area contributed by atoms with E-state index in [4.69, 9.17) is 9.47 Å². The Hall–Kier alpha value is -1.59. The normalized spacial score (nSPS) is 21.2. The van der Waals surface area contributed by atoms with Gasteiger partial charge in [-0.3, -0.25) is 14.4 Å². The maximum absolute atomic E-state index is 12.0. The minimum absolute atomic E-state index is 0.000353. The molecule has 0 aromatic rings. The maximum atomic E-state index is 12.0. The van der Waals surface area contributed by atoms with Crippen LogP contribution >= 0.6 is 0 Å². The van der Waals surface area contributed by atoms with Crippen molar-refractivity contribution in [2.45, 2.75) is 32.0 Å². The monoisotopic (exact) mass is 264 g/mol. The zero-order valence-corrected chi connectivity index (χ0v) is 11.0. The van der Waals surface area contributed by atoms with Gasteiger partial charge in [0.25, 0.3) is 5.78 Å². The van der Waals surface area contributed by atoms with Gasteiger partial charge < -0.3 is 9.47 Å². The number of ether oxygens (including phenoxy) is 2. The van der Waals surface area contributed by atoms with E-state index in [0.29, 0.717) is 18.6 Å². The fraction of sp³-hybridized carbons (Fsp3) is 0.500. The molecule has 5 nitrogen and oxygen atoms in total. The molecule has 0 N–H and O–H groups in total. The van der Waals surface area contributed by atoms with Gasteiger partial charge in [0.15, 0.2) is 0 Å². The fourth-order valence-electron chi connectivity index (χ4n) is 1.67. The predicted molar refractivity (Wildman–Crippen MR) is 66.6 cm³/mol. The van der Waals surface area contributed by atoms with Crippen LogP contribution in [0.5, 0.6) is 0 Å². The highest BCUT2D eigenvalue weighted by molar-refractivity contribution is 6.68. The van der Waals surface area contributed by atoms with Gasteiger partial charge in [-0.2, -0.15) is 0 Å². The Morgan fingerprint density at radius 2 is 2.11 bits per heavy atom. The Labute approximate surface area is 111 Å². The number of hydrogen-bond acceptors (Lipinski definition) is 5. The standard InChI is InChI=1S/C14H16O5/c1-14(2,19-8-10-7-18-10)13(17)12(16)11(15)9-5-3-4-6-9/h3-5,10H,6-8H2,1-2H3. The van der Waals surface area contributed by atoms with Crippen molar-refractivity contribution in [3.05, 3.63) is 23.8 Å². The summed E-state index contributed by atoms with van der Waals surface area (Å²) in [6.07, 6.45) is 5.40. The van der Waals surface area contributed by atoms with E-state index >= 15 is 0 Å². The van der Waals surface area contributed by atoms with Crippen molar-refractivity contribution in [3.8, 4) is 0 Å². The third kappa shape index (κ3) is 3.24. The van der Waals surface area contributed by atoms with Crippen LogP contribution in [0.15, 0.2) is 23.8 Å². The largest absolute Gasteiger partial charge is 0.371 e. The Bertz CT molecular complexity index is 480. The molecule has 1 aliphatic heterocycles. The van der Waals surface area contributed by atoms with Crippen LogP contribution in [-0.2, 0) is 23.9 Å². The molecule has 0 saturated carbocycles. The summed E-state index contributed by atoms with van der Waals surface area (Å²) in [7, 11) is 0. The first-order valence-electron chi connectivity index (χ1n) is 6.16. The number of epoxide rings is 1. The Morgan fingerprint density at radius 1 is 1.42 bits per heavy atom. The van der Waals surface area contributed by atoms with E-state index < -0.39 is 23.0 Å². The van der Waals surface area contributed by atoms with E-state index in [1.807, 2.05) is 0 Å². The Balaban J connectivity index is 1.96. The number of ketones is 3. The molecule has 2 rings (SSSR count). The molecule has 0 bridgehead atoms. The molecule has 5 heteroatoms. The van der Waals surface area contributed by atoms with E-state index in [1.165, 1.54) is 13.8 Å². The zero-order chi connectivity index (χ0) is 14.0. The molecule has 1 aliphatic carbocycles. The fourth-order valence-corrected chi connectivity index (χ4v) is 1.67.